The van der Waals surface area contributed by atoms with E-state index in [9.17, 15) is 14.7 Å². The van der Waals surface area contributed by atoms with E-state index in [4.69, 9.17) is 4.42 Å². The molecule has 1 N–H and O–H groups in total. The normalized spacial score (nSPS) is 12.7. The Morgan fingerprint density at radius 3 is 2.61 bits per heavy atom. The molecule has 0 aliphatic carbocycles. The van der Waals surface area contributed by atoms with Crippen LogP contribution in [0.2, 0.25) is 0 Å². The number of carbonyl (C=O) groups excluding carboxylic acids is 1. The number of Topliss-reactive ketones (excluding diaryl/α,β-unsaturated/α-hetero) is 1. The molecule has 0 saturated carbocycles. The first-order valence-electron chi connectivity index (χ1n) is 5.68. The van der Waals surface area contributed by atoms with E-state index in [0.29, 0.717) is 22.1 Å². The molecule has 94 valence electrons. The molecule has 1 aromatic heterocycles. The number of ketones is 1. The minimum absolute atomic E-state index is 0.103. The van der Waals surface area contributed by atoms with Gasteiger partial charge in [-0.2, -0.15) is 0 Å². The van der Waals surface area contributed by atoms with Crippen molar-refractivity contribution in [2.24, 2.45) is 0 Å². The maximum absolute atomic E-state index is 12.1. The lowest BCUT2D eigenvalue weighted by molar-refractivity contribution is 0.101. The third kappa shape index (κ3) is 1.95. The van der Waals surface area contributed by atoms with Gasteiger partial charge in [0.2, 0.25) is 0 Å². The molecular formula is C14H14O4. The van der Waals surface area contributed by atoms with Crippen LogP contribution in [-0.2, 0) is 0 Å². The van der Waals surface area contributed by atoms with Crippen LogP contribution >= 0.6 is 0 Å². The SMILES string of the molecule is CC(=O)c1ccc2oc(C(C)O)c(C)c(=O)c2c1. The summed E-state index contributed by atoms with van der Waals surface area (Å²) in [6.45, 7) is 4.59. The summed E-state index contributed by atoms with van der Waals surface area (Å²) >= 11 is 0. The fourth-order valence-corrected chi connectivity index (χ4v) is 1.92. The summed E-state index contributed by atoms with van der Waals surface area (Å²) in [7, 11) is 0. The van der Waals surface area contributed by atoms with Gasteiger partial charge in [0.1, 0.15) is 17.4 Å². The summed E-state index contributed by atoms with van der Waals surface area (Å²) in [5.41, 5.74) is 1.01. The zero-order valence-corrected chi connectivity index (χ0v) is 10.5. The van der Waals surface area contributed by atoms with Gasteiger partial charge in [-0.05, 0) is 39.0 Å². The van der Waals surface area contributed by atoms with Crippen molar-refractivity contribution in [3.05, 3.63) is 45.3 Å². The minimum atomic E-state index is -0.838. The van der Waals surface area contributed by atoms with Gasteiger partial charge in [-0.1, -0.05) is 0 Å². The summed E-state index contributed by atoms with van der Waals surface area (Å²) in [6.07, 6.45) is -0.838. The van der Waals surface area contributed by atoms with Crippen LogP contribution in [0.1, 0.15) is 41.6 Å². The quantitative estimate of drug-likeness (QED) is 0.826. The monoisotopic (exact) mass is 246 g/mol. The molecule has 0 radical (unpaired) electrons. The summed E-state index contributed by atoms with van der Waals surface area (Å²) in [5.74, 6) is 0.164. The van der Waals surface area contributed by atoms with Crippen molar-refractivity contribution in [1.29, 1.82) is 0 Å². The molecule has 1 unspecified atom stereocenters. The van der Waals surface area contributed by atoms with Crippen LogP contribution in [0.5, 0.6) is 0 Å². The predicted octanol–water partition coefficient (Wildman–Crippen LogP) is 2.36. The lowest BCUT2D eigenvalue weighted by atomic mass is 10.1. The van der Waals surface area contributed by atoms with E-state index in [1.807, 2.05) is 0 Å². The van der Waals surface area contributed by atoms with Crippen molar-refractivity contribution < 1.29 is 14.3 Å². The second-order valence-corrected chi connectivity index (χ2v) is 4.36. The maximum atomic E-state index is 12.1. The van der Waals surface area contributed by atoms with Gasteiger partial charge in [-0.3, -0.25) is 9.59 Å². The molecule has 0 amide bonds. The van der Waals surface area contributed by atoms with Gasteiger partial charge in [-0.15, -0.1) is 0 Å². The van der Waals surface area contributed by atoms with Gasteiger partial charge < -0.3 is 9.52 Å². The number of rotatable bonds is 2. The van der Waals surface area contributed by atoms with Gasteiger partial charge >= 0.3 is 0 Å². The van der Waals surface area contributed by atoms with Gasteiger partial charge in [-0.25, -0.2) is 0 Å². The number of fused-ring (bicyclic) bond motifs is 1. The lowest BCUT2D eigenvalue weighted by Crippen LogP contribution is -2.11. The van der Waals surface area contributed by atoms with Crippen LogP contribution in [-0.4, -0.2) is 10.9 Å². The molecule has 0 saturated heterocycles. The Morgan fingerprint density at radius 2 is 2.06 bits per heavy atom. The second-order valence-electron chi connectivity index (χ2n) is 4.36. The highest BCUT2D eigenvalue weighted by molar-refractivity contribution is 5.97. The summed E-state index contributed by atoms with van der Waals surface area (Å²) in [4.78, 5) is 23.4. The molecule has 0 spiro atoms. The zero-order valence-electron chi connectivity index (χ0n) is 10.5. The van der Waals surface area contributed by atoms with Crippen molar-refractivity contribution in [2.75, 3.05) is 0 Å². The van der Waals surface area contributed by atoms with E-state index in [1.54, 1.807) is 26.0 Å². The molecule has 0 aliphatic rings. The molecule has 0 fully saturated rings. The summed E-state index contributed by atoms with van der Waals surface area (Å²) in [5, 5.41) is 9.91. The molecular weight excluding hydrogens is 232 g/mol. The van der Waals surface area contributed by atoms with Gasteiger partial charge in [0.25, 0.3) is 0 Å². The Hall–Kier alpha value is -1.94. The third-order valence-corrected chi connectivity index (χ3v) is 2.94. The highest BCUT2D eigenvalue weighted by Crippen LogP contribution is 2.21. The van der Waals surface area contributed by atoms with Crippen molar-refractivity contribution in [3.8, 4) is 0 Å². The Labute approximate surface area is 104 Å². The molecule has 1 aromatic carbocycles. The number of benzene rings is 1. The highest BCUT2D eigenvalue weighted by atomic mass is 16.4. The second kappa shape index (κ2) is 4.38. The van der Waals surface area contributed by atoms with Crippen LogP contribution in [0.4, 0.5) is 0 Å². The largest absolute Gasteiger partial charge is 0.458 e. The zero-order chi connectivity index (χ0) is 13.4. The highest BCUT2D eigenvalue weighted by Gasteiger charge is 2.15. The van der Waals surface area contributed by atoms with Gasteiger partial charge in [0.05, 0.1) is 5.39 Å². The molecule has 18 heavy (non-hydrogen) atoms. The first kappa shape index (κ1) is 12.5. The van der Waals surface area contributed by atoms with Crippen LogP contribution < -0.4 is 5.43 Å². The van der Waals surface area contributed by atoms with Crippen LogP contribution in [0.3, 0.4) is 0 Å². The van der Waals surface area contributed by atoms with Crippen LogP contribution in [0.25, 0.3) is 11.0 Å². The average molecular weight is 246 g/mol. The molecule has 1 atom stereocenters. The molecule has 2 aromatic rings. The van der Waals surface area contributed by atoms with E-state index >= 15 is 0 Å². The molecule has 0 bridgehead atoms. The average Bonchev–Trinajstić information content (AvgIpc) is 2.32. The topological polar surface area (TPSA) is 67.5 Å². The first-order chi connectivity index (χ1) is 8.41. The summed E-state index contributed by atoms with van der Waals surface area (Å²) in [6, 6.07) is 4.72. The number of hydrogen-bond donors (Lipinski definition) is 1. The standard InChI is InChI=1S/C14H14O4/c1-7-13(17)11-6-10(8(2)15)4-5-12(11)18-14(7)9(3)16/h4-6,9,16H,1-3H3. The molecule has 0 aliphatic heterocycles. The van der Waals surface area contributed by atoms with E-state index in [-0.39, 0.29) is 17.0 Å². The lowest BCUT2D eigenvalue weighted by Gasteiger charge is -2.09. The maximum Gasteiger partial charge on any atom is 0.195 e. The van der Waals surface area contributed by atoms with Crippen molar-refractivity contribution in [3.63, 3.8) is 0 Å². The molecule has 4 heteroatoms. The smallest absolute Gasteiger partial charge is 0.195 e. The van der Waals surface area contributed by atoms with E-state index < -0.39 is 6.10 Å². The Morgan fingerprint density at radius 1 is 1.39 bits per heavy atom. The number of aliphatic hydroxyl groups is 1. The summed E-state index contributed by atoms with van der Waals surface area (Å²) < 4.78 is 5.51. The van der Waals surface area contributed by atoms with E-state index in [2.05, 4.69) is 0 Å². The van der Waals surface area contributed by atoms with Gasteiger partial charge in [0.15, 0.2) is 11.2 Å². The van der Waals surface area contributed by atoms with Crippen molar-refractivity contribution >= 4 is 16.8 Å². The first-order valence-corrected chi connectivity index (χ1v) is 5.68. The Kier molecular flexibility index (Phi) is 3.05. The Bertz CT molecular complexity index is 680. The fourth-order valence-electron chi connectivity index (χ4n) is 1.92. The fraction of sp³-hybridized carbons (Fsp3) is 0.286. The minimum Gasteiger partial charge on any atom is -0.458 e. The van der Waals surface area contributed by atoms with Crippen LogP contribution in [0.15, 0.2) is 27.4 Å². The molecule has 4 nitrogen and oxygen atoms in total. The van der Waals surface area contributed by atoms with Crippen molar-refractivity contribution in [1.82, 2.24) is 0 Å². The number of hydrogen-bond acceptors (Lipinski definition) is 4. The van der Waals surface area contributed by atoms with Crippen molar-refractivity contribution in [2.45, 2.75) is 26.9 Å². The molecule has 2 rings (SSSR count). The van der Waals surface area contributed by atoms with E-state index in [0.717, 1.165) is 0 Å². The van der Waals surface area contributed by atoms with Crippen LogP contribution in [0, 0.1) is 6.92 Å². The predicted molar refractivity (Wildman–Crippen MR) is 67.9 cm³/mol. The third-order valence-electron chi connectivity index (χ3n) is 2.94. The number of carbonyl (C=O) groups is 1. The molecule has 1 heterocycles. The van der Waals surface area contributed by atoms with Gasteiger partial charge in [0, 0.05) is 11.1 Å². The van der Waals surface area contributed by atoms with E-state index in [1.165, 1.54) is 13.0 Å². The number of aliphatic hydroxyl groups excluding tert-OH is 1. The Balaban J connectivity index is 2.83.